The SMILES string of the molecule is Cc1ccc(CNC(C)C)cc1Oc1cc(F)ccc1Br. The Hall–Kier alpha value is -1.39. The molecule has 2 rings (SSSR count). The lowest BCUT2D eigenvalue weighted by molar-refractivity contribution is 0.468. The average molecular weight is 352 g/mol. The second-order valence-corrected chi connectivity index (χ2v) is 6.17. The van der Waals surface area contributed by atoms with Crippen LogP contribution in [0.1, 0.15) is 25.0 Å². The van der Waals surface area contributed by atoms with Crippen LogP contribution in [0.4, 0.5) is 4.39 Å². The van der Waals surface area contributed by atoms with Crippen molar-refractivity contribution in [2.75, 3.05) is 0 Å². The van der Waals surface area contributed by atoms with Crippen molar-refractivity contribution in [1.29, 1.82) is 0 Å². The highest BCUT2D eigenvalue weighted by molar-refractivity contribution is 9.10. The first-order chi connectivity index (χ1) is 9.95. The summed E-state index contributed by atoms with van der Waals surface area (Å²) in [4.78, 5) is 0. The summed E-state index contributed by atoms with van der Waals surface area (Å²) < 4.78 is 19.9. The summed E-state index contributed by atoms with van der Waals surface area (Å²) in [7, 11) is 0. The van der Waals surface area contributed by atoms with E-state index in [0.717, 1.165) is 27.9 Å². The fourth-order valence-corrected chi connectivity index (χ4v) is 2.19. The normalized spacial score (nSPS) is 11.0. The second-order valence-electron chi connectivity index (χ2n) is 5.31. The van der Waals surface area contributed by atoms with E-state index in [1.165, 1.54) is 12.1 Å². The molecule has 0 heterocycles. The van der Waals surface area contributed by atoms with Crippen LogP contribution in [-0.2, 0) is 6.54 Å². The zero-order valence-corrected chi connectivity index (χ0v) is 14.0. The molecule has 2 aromatic rings. The molecule has 0 aliphatic heterocycles. The van der Waals surface area contributed by atoms with Crippen LogP contribution in [-0.4, -0.2) is 6.04 Å². The van der Waals surface area contributed by atoms with Crippen molar-refractivity contribution in [2.45, 2.75) is 33.4 Å². The smallest absolute Gasteiger partial charge is 0.144 e. The van der Waals surface area contributed by atoms with Gasteiger partial charge < -0.3 is 10.1 Å². The van der Waals surface area contributed by atoms with Gasteiger partial charge in [0.2, 0.25) is 0 Å². The van der Waals surface area contributed by atoms with Gasteiger partial charge in [0.05, 0.1) is 4.47 Å². The Morgan fingerprint density at radius 1 is 1.14 bits per heavy atom. The predicted molar refractivity (Wildman–Crippen MR) is 87.3 cm³/mol. The van der Waals surface area contributed by atoms with Gasteiger partial charge in [0.25, 0.3) is 0 Å². The van der Waals surface area contributed by atoms with Gasteiger partial charge in [0, 0.05) is 18.7 Å². The van der Waals surface area contributed by atoms with E-state index < -0.39 is 0 Å². The molecule has 0 spiro atoms. The molecule has 0 aliphatic carbocycles. The summed E-state index contributed by atoms with van der Waals surface area (Å²) in [5.41, 5.74) is 2.15. The van der Waals surface area contributed by atoms with Gasteiger partial charge in [-0.15, -0.1) is 0 Å². The minimum atomic E-state index is -0.316. The third kappa shape index (κ3) is 4.55. The number of ether oxygens (including phenoxy) is 1. The Labute approximate surface area is 133 Å². The number of hydrogen-bond donors (Lipinski definition) is 1. The monoisotopic (exact) mass is 351 g/mol. The highest BCUT2D eigenvalue weighted by Crippen LogP contribution is 2.32. The standard InChI is InChI=1S/C17H19BrFNO/c1-11(2)20-10-13-5-4-12(3)16(8-13)21-17-9-14(19)6-7-15(17)18/h4-9,11,20H,10H2,1-3H3. The molecule has 0 radical (unpaired) electrons. The molecule has 0 bridgehead atoms. The molecule has 0 atom stereocenters. The lowest BCUT2D eigenvalue weighted by atomic mass is 10.1. The summed E-state index contributed by atoms with van der Waals surface area (Å²) >= 11 is 3.38. The Balaban J connectivity index is 2.22. The summed E-state index contributed by atoms with van der Waals surface area (Å²) in [5, 5.41) is 3.37. The molecular formula is C17H19BrFNO. The maximum atomic E-state index is 13.3. The summed E-state index contributed by atoms with van der Waals surface area (Å²) in [6.45, 7) is 6.96. The zero-order valence-electron chi connectivity index (χ0n) is 12.4. The number of benzene rings is 2. The first kappa shape index (κ1) is 16.0. The van der Waals surface area contributed by atoms with Crippen molar-refractivity contribution < 1.29 is 9.13 Å². The zero-order chi connectivity index (χ0) is 15.4. The van der Waals surface area contributed by atoms with Crippen LogP contribution in [0.2, 0.25) is 0 Å². The van der Waals surface area contributed by atoms with Crippen LogP contribution in [0.25, 0.3) is 0 Å². The predicted octanol–water partition coefficient (Wildman–Crippen LogP) is 5.19. The number of rotatable bonds is 5. The van der Waals surface area contributed by atoms with Crippen molar-refractivity contribution in [1.82, 2.24) is 5.32 Å². The summed E-state index contributed by atoms with van der Waals surface area (Å²) in [6, 6.07) is 10.9. The molecule has 0 aromatic heterocycles. The van der Waals surface area contributed by atoms with Crippen molar-refractivity contribution in [2.24, 2.45) is 0 Å². The van der Waals surface area contributed by atoms with E-state index in [-0.39, 0.29) is 5.82 Å². The Morgan fingerprint density at radius 2 is 1.90 bits per heavy atom. The van der Waals surface area contributed by atoms with Crippen LogP contribution < -0.4 is 10.1 Å². The molecule has 2 nitrogen and oxygen atoms in total. The fraction of sp³-hybridized carbons (Fsp3) is 0.294. The van der Waals surface area contributed by atoms with Gasteiger partial charge in [-0.2, -0.15) is 0 Å². The summed E-state index contributed by atoms with van der Waals surface area (Å²) in [5.74, 6) is 0.903. The molecule has 4 heteroatoms. The number of nitrogens with one attached hydrogen (secondary N) is 1. The third-order valence-corrected chi connectivity index (χ3v) is 3.74. The molecule has 0 amide bonds. The minimum Gasteiger partial charge on any atom is -0.456 e. The second kappa shape index (κ2) is 7.05. The van der Waals surface area contributed by atoms with Gasteiger partial charge >= 0.3 is 0 Å². The Bertz CT molecular complexity index is 628. The number of aryl methyl sites for hydroxylation is 1. The molecule has 0 saturated carbocycles. The third-order valence-electron chi connectivity index (χ3n) is 3.08. The van der Waals surface area contributed by atoms with Gasteiger partial charge in [-0.25, -0.2) is 4.39 Å². The highest BCUT2D eigenvalue weighted by atomic mass is 79.9. The maximum absolute atomic E-state index is 13.3. The molecular weight excluding hydrogens is 333 g/mol. The minimum absolute atomic E-state index is 0.316. The molecule has 0 saturated heterocycles. The first-order valence-electron chi connectivity index (χ1n) is 6.91. The van der Waals surface area contributed by atoms with E-state index in [1.807, 2.05) is 19.1 Å². The van der Waals surface area contributed by atoms with Gasteiger partial charge in [0.1, 0.15) is 17.3 Å². The van der Waals surface area contributed by atoms with Crippen molar-refractivity contribution in [3.8, 4) is 11.5 Å². The number of hydrogen-bond acceptors (Lipinski definition) is 2. The van der Waals surface area contributed by atoms with Gasteiger partial charge in [-0.1, -0.05) is 26.0 Å². The molecule has 21 heavy (non-hydrogen) atoms. The van der Waals surface area contributed by atoms with E-state index >= 15 is 0 Å². The van der Waals surface area contributed by atoms with Crippen molar-refractivity contribution in [3.05, 3.63) is 57.8 Å². The highest BCUT2D eigenvalue weighted by Gasteiger charge is 2.08. The van der Waals surface area contributed by atoms with Crippen LogP contribution in [0.3, 0.4) is 0 Å². The Kier molecular flexibility index (Phi) is 5.37. The van der Waals surface area contributed by atoms with E-state index in [4.69, 9.17) is 4.74 Å². The molecule has 2 aromatic carbocycles. The van der Waals surface area contributed by atoms with Crippen molar-refractivity contribution in [3.63, 3.8) is 0 Å². The van der Waals surface area contributed by atoms with Gasteiger partial charge in [-0.3, -0.25) is 0 Å². The number of halogens is 2. The van der Waals surface area contributed by atoms with Gasteiger partial charge in [-0.05, 0) is 52.2 Å². The Morgan fingerprint density at radius 3 is 2.62 bits per heavy atom. The van der Waals surface area contributed by atoms with E-state index in [9.17, 15) is 4.39 Å². The van der Waals surface area contributed by atoms with Crippen LogP contribution in [0.5, 0.6) is 11.5 Å². The average Bonchev–Trinajstić information content (AvgIpc) is 2.43. The van der Waals surface area contributed by atoms with E-state index in [2.05, 4.69) is 41.2 Å². The van der Waals surface area contributed by atoms with Gasteiger partial charge in [0.15, 0.2) is 0 Å². The quantitative estimate of drug-likeness (QED) is 0.800. The van der Waals surface area contributed by atoms with E-state index in [0.29, 0.717) is 11.8 Å². The summed E-state index contributed by atoms with van der Waals surface area (Å²) in [6.07, 6.45) is 0. The van der Waals surface area contributed by atoms with Crippen LogP contribution in [0, 0.1) is 12.7 Å². The van der Waals surface area contributed by atoms with E-state index in [1.54, 1.807) is 6.07 Å². The molecule has 0 aliphatic rings. The van der Waals surface area contributed by atoms with Crippen molar-refractivity contribution >= 4 is 15.9 Å². The van der Waals surface area contributed by atoms with Crippen LogP contribution >= 0.6 is 15.9 Å². The molecule has 0 fully saturated rings. The lowest BCUT2D eigenvalue weighted by Gasteiger charge is -2.13. The molecule has 1 N–H and O–H groups in total. The topological polar surface area (TPSA) is 21.3 Å². The maximum Gasteiger partial charge on any atom is 0.144 e. The first-order valence-corrected chi connectivity index (χ1v) is 7.71. The lowest BCUT2D eigenvalue weighted by Crippen LogP contribution is -2.21. The molecule has 112 valence electrons. The largest absolute Gasteiger partial charge is 0.456 e. The van der Waals surface area contributed by atoms with Crippen LogP contribution in [0.15, 0.2) is 40.9 Å². The fourth-order valence-electron chi connectivity index (χ4n) is 1.86. The molecule has 0 unspecified atom stereocenters.